The molecule has 6 nitrogen and oxygen atoms in total. The molecular formula is C18H17N5OS. The van der Waals surface area contributed by atoms with Gasteiger partial charge in [0.1, 0.15) is 17.5 Å². The van der Waals surface area contributed by atoms with Crippen molar-refractivity contribution in [2.45, 2.75) is 13.0 Å². The Morgan fingerprint density at radius 1 is 1.28 bits per heavy atom. The van der Waals surface area contributed by atoms with Gasteiger partial charge in [-0.2, -0.15) is 5.10 Å². The van der Waals surface area contributed by atoms with Crippen LogP contribution in [0.3, 0.4) is 0 Å². The first-order chi connectivity index (χ1) is 12.2. The summed E-state index contributed by atoms with van der Waals surface area (Å²) in [7, 11) is 0. The summed E-state index contributed by atoms with van der Waals surface area (Å²) < 4.78 is 0. The third-order valence-corrected chi connectivity index (χ3v) is 4.63. The minimum absolute atomic E-state index is 0.0463. The Bertz CT molecular complexity index is 905. The maximum Gasteiger partial charge on any atom is 0.134 e. The molecular weight excluding hydrogens is 334 g/mol. The van der Waals surface area contributed by atoms with Gasteiger partial charge >= 0.3 is 0 Å². The quantitative estimate of drug-likeness (QED) is 0.419. The Hall–Kier alpha value is -3.06. The molecule has 0 amide bonds. The monoisotopic (exact) mass is 351 g/mol. The highest BCUT2D eigenvalue weighted by atomic mass is 32.1. The highest BCUT2D eigenvalue weighted by molar-refractivity contribution is 7.09. The average molecular weight is 351 g/mol. The number of aromatic nitrogens is 2. The second kappa shape index (κ2) is 7.67. The number of nitrogens with two attached hydrogens (primary N) is 1. The molecule has 126 valence electrons. The van der Waals surface area contributed by atoms with E-state index < -0.39 is 0 Å². The number of aliphatic imine (C=N–C) groups is 1. The number of benzene rings is 1. The van der Waals surface area contributed by atoms with E-state index in [0.29, 0.717) is 11.3 Å². The van der Waals surface area contributed by atoms with E-state index in [1.165, 1.54) is 6.20 Å². The molecule has 3 N–H and O–H groups in total. The Morgan fingerprint density at radius 3 is 2.72 bits per heavy atom. The predicted octanol–water partition coefficient (Wildman–Crippen LogP) is 3.08. The average Bonchev–Trinajstić information content (AvgIpc) is 3.05. The third-order valence-electron chi connectivity index (χ3n) is 3.65. The van der Waals surface area contributed by atoms with Gasteiger partial charge in [0.05, 0.1) is 28.5 Å². The van der Waals surface area contributed by atoms with E-state index in [9.17, 15) is 5.11 Å². The number of aromatic hydroxyl groups is 1. The lowest BCUT2D eigenvalue weighted by Crippen LogP contribution is -2.08. The van der Waals surface area contributed by atoms with E-state index in [1.807, 2.05) is 42.8 Å². The first kappa shape index (κ1) is 16.8. The van der Waals surface area contributed by atoms with Crippen molar-refractivity contribution in [3.05, 3.63) is 76.0 Å². The largest absolute Gasteiger partial charge is 0.506 e. The van der Waals surface area contributed by atoms with E-state index in [-0.39, 0.29) is 11.8 Å². The van der Waals surface area contributed by atoms with Gasteiger partial charge in [0.25, 0.3) is 0 Å². The minimum Gasteiger partial charge on any atom is -0.506 e. The van der Waals surface area contributed by atoms with Crippen molar-refractivity contribution < 1.29 is 5.11 Å². The highest BCUT2D eigenvalue weighted by Crippen LogP contribution is 2.31. The predicted molar refractivity (Wildman–Crippen MR) is 100 cm³/mol. The molecule has 2 aromatic heterocycles. The second-order valence-corrected chi connectivity index (χ2v) is 6.23. The zero-order chi connectivity index (χ0) is 17.6. The van der Waals surface area contributed by atoms with Gasteiger partial charge in [-0.25, -0.2) is 4.98 Å². The standard InChI is InChI=1S/C18H17N5OS/c1-12-18(25-11-22-12)17(13-5-3-2-4-6-13)21-10-16(23-19)14-7-15(24)9-20-8-14/h2-11,17,24H,19H2,1H3/b21-10?,23-16+. The molecule has 7 heteroatoms. The maximum absolute atomic E-state index is 9.59. The summed E-state index contributed by atoms with van der Waals surface area (Å²) in [5, 5.41) is 13.4. The van der Waals surface area contributed by atoms with Gasteiger partial charge in [-0.3, -0.25) is 9.98 Å². The molecule has 3 rings (SSSR count). The second-order valence-electron chi connectivity index (χ2n) is 5.34. The minimum atomic E-state index is -0.198. The van der Waals surface area contributed by atoms with Gasteiger partial charge < -0.3 is 10.9 Å². The van der Waals surface area contributed by atoms with Crippen LogP contribution in [-0.2, 0) is 0 Å². The topological polar surface area (TPSA) is 96.8 Å². The highest BCUT2D eigenvalue weighted by Gasteiger charge is 2.17. The van der Waals surface area contributed by atoms with Gasteiger partial charge in [-0.1, -0.05) is 30.3 Å². The van der Waals surface area contributed by atoms with Gasteiger partial charge in [0, 0.05) is 11.8 Å². The fraction of sp³-hybridized carbons (Fsp3) is 0.111. The first-order valence-electron chi connectivity index (χ1n) is 7.59. The lowest BCUT2D eigenvalue weighted by atomic mass is 10.0. The van der Waals surface area contributed by atoms with Crippen molar-refractivity contribution in [3.63, 3.8) is 0 Å². The Labute approximate surface area is 149 Å². The Morgan fingerprint density at radius 2 is 2.08 bits per heavy atom. The zero-order valence-electron chi connectivity index (χ0n) is 13.6. The van der Waals surface area contributed by atoms with Gasteiger partial charge in [0.15, 0.2) is 0 Å². The lowest BCUT2D eigenvalue weighted by molar-refractivity contribution is 0.472. The molecule has 0 saturated heterocycles. The van der Waals surface area contributed by atoms with Crippen molar-refractivity contribution in [3.8, 4) is 5.75 Å². The summed E-state index contributed by atoms with van der Waals surface area (Å²) in [6.45, 7) is 1.97. The van der Waals surface area contributed by atoms with Crippen LogP contribution in [0.25, 0.3) is 0 Å². The normalized spacial score (nSPS) is 13.2. The van der Waals surface area contributed by atoms with Crippen molar-refractivity contribution in [1.82, 2.24) is 9.97 Å². The van der Waals surface area contributed by atoms with E-state index in [1.54, 1.807) is 29.8 Å². The third kappa shape index (κ3) is 3.89. The van der Waals surface area contributed by atoms with Crippen LogP contribution in [0.5, 0.6) is 5.75 Å². The summed E-state index contributed by atoms with van der Waals surface area (Å²) in [6, 6.07) is 11.3. The summed E-state index contributed by atoms with van der Waals surface area (Å²) >= 11 is 1.56. The van der Waals surface area contributed by atoms with Crippen molar-refractivity contribution in [2.24, 2.45) is 15.9 Å². The molecule has 0 saturated carbocycles. The van der Waals surface area contributed by atoms with Crippen LogP contribution in [-0.4, -0.2) is 27.0 Å². The number of pyridine rings is 1. The number of rotatable bonds is 5. The molecule has 0 bridgehead atoms. The summed E-state index contributed by atoms with van der Waals surface area (Å²) in [6.07, 6.45) is 4.53. The molecule has 0 aliphatic heterocycles. The molecule has 1 aromatic carbocycles. The van der Waals surface area contributed by atoms with Gasteiger partial charge in [-0.05, 0) is 18.6 Å². The summed E-state index contributed by atoms with van der Waals surface area (Å²) in [5.41, 5.74) is 4.84. The van der Waals surface area contributed by atoms with Crippen LogP contribution in [0, 0.1) is 6.92 Å². The molecule has 0 aliphatic carbocycles. The van der Waals surface area contributed by atoms with E-state index in [4.69, 9.17) is 10.8 Å². The first-order valence-corrected chi connectivity index (χ1v) is 8.47. The maximum atomic E-state index is 9.59. The van der Waals surface area contributed by atoms with Crippen molar-refractivity contribution in [1.29, 1.82) is 0 Å². The van der Waals surface area contributed by atoms with E-state index >= 15 is 0 Å². The number of nitrogens with zero attached hydrogens (tertiary/aromatic N) is 4. The van der Waals surface area contributed by atoms with Crippen molar-refractivity contribution >= 4 is 23.3 Å². The zero-order valence-corrected chi connectivity index (χ0v) is 14.4. The number of hydrogen-bond acceptors (Lipinski definition) is 7. The molecule has 0 radical (unpaired) electrons. The molecule has 1 atom stereocenters. The van der Waals surface area contributed by atoms with E-state index in [0.717, 1.165) is 16.1 Å². The molecule has 25 heavy (non-hydrogen) atoms. The number of hydrogen-bond donors (Lipinski definition) is 2. The fourth-order valence-corrected chi connectivity index (χ4v) is 3.28. The molecule has 0 aliphatic rings. The van der Waals surface area contributed by atoms with Crippen LogP contribution >= 0.6 is 11.3 Å². The molecule has 0 spiro atoms. The molecule has 1 unspecified atom stereocenters. The van der Waals surface area contributed by atoms with Crippen molar-refractivity contribution in [2.75, 3.05) is 0 Å². The number of hydrazone groups is 1. The van der Waals surface area contributed by atoms with Crippen LogP contribution in [0.15, 0.2) is 64.4 Å². The molecule has 2 heterocycles. The van der Waals surface area contributed by atoms with Gasteiger partial charge in [0.2, 0.25) is 0 Å². The number of aryl methyl sites for hydroxylation is 1. The lowest BCUT2D eigenvalue weighted by Gasteiger charge is -2.12. The Kier molecular flexibility index (Phi) is 5.15. The van der Waals surface area contributed by atoms with Crippen LogP contribution in [0.1, 0.15) is 27.7 Å². The van der Waals surface area contributed by atoms with Crippen LogP contribution < -0.4 is 5.84 Å². The summed E-state index contributed by atoms with van der Waals surface area (Å²) in [4.78, 5) is 14.0. The summed E-state index contributed by atoms with van der Waals surface area (Å²) in [5.74, 6) is 5.55. The molecule has 0 fully saturated rings. The fourth-order valence-electron chi connectivity index (χ4n) is 2.41. The van der Waals surface area contributed by atoms with Gasteiger partial charge in [-0.15, -0.1) is 11.3 Å². The Balaban J connectivity index is 1.97. The smallest absolute Gasteiger partial charge is 0.134 e. The van der Waals surface area contributed by atoms with E-state index in [2.05, 4.69) is 15.1 Å². The number of thiazole rings is 1. The van der Waals surface area contributed by atoms with Crippen LogP contribution in [0.2, 0.25) is 0 Å². The SMILES string of the molecule is Cc1ncsc1C(N=C/C(=N\N)c1cncc(O)c1)c1ccccc1. The van der Waals surface area contributed by atoms with Crippen LogP contribution in [0.4, 0.5) is 0 Å². The molecule has 3 aromatic rings.